The lowest BCUT2D eigenvalue weighted by Gasteiger charge is -2.15. The molecule has 0 aliphatic carbocycles. The Morgan fingerprint density at radius 2 is 0.565 bits per heavy atom. The zero-order chi connectivity index (χ0) is 61.8. The molecular formula is C55H14F25N5. The van der Waals surface area contributed by atoms with Gasteiger partial charge in [0.2, 0.25) is 29.1 Å². The van der Waals surface area contributed by atoms with Crippen molar-refractivity contribution in [2.75, 3.05) is 0 Å². The van der Waals surface area contributed by atoms with Gasteiger partial charge in [-0.3, -0.25) is 9.98 Å². The highest BCUT2D eigenvalue weighted by Crippen LogP contribution is 2.44. The number of aromatic nitrogens is 1. The van der Waals surface area contributed by atoms with Crippen molar-refractivity contribution in [3.05, 3.63) is 268 Å². The highest BCUT2D eigenvalue weighted by Gasteiger charge is 2.38. The molecule has 4 aliphatic rings. The van der Waals surface area contributed by atoms with Crippen LogP contribution in [0.4, 0.5) is 110 Å². The monoisotopic (exact) mass is 1220 g/mol. The number of allylic oxidation sites excluding steroid dienone is 10. The van der Waals surface area contributed by atoms with Crippen molar-refractivity contribution in [2.45, 2.75) is 6.42 Å². The molecule has 0 saturated carbocycles. The van der Waals surface area contributed by atoms with Crippen molar-refractivity contribution in [1.82, 2.24) is 4.98 Å². The zero-order valence-corrected chi connectivity index (χ0v) is 40.3. The molecule has 0 saturated heterocycles. The van der Waals surface area contributed by atoms with E-state index in [2.05, 4.69) is 25.0 Å². The van der Waals surface area contributed by atoms with Gasteiger partial charge in [-0.05, 0) is 60.7 Å². The summed E-state index contributed by atoms with van der Waals surface area (Å²) in [5, 5.41) is 0. The molecule has 0 spiro atoms. The number of aromatic amines is 1. The molecule has 5 aromatic carbocycles. The summed E-state index contributed by atoms with van der Waals surface area (Å²) in [6.45, 7) is 0. The average Bonchev–Trinajstić information content (AvgIpc) is 1.92. The summed E-state index contributed by atoms with van der Waals surface area (Å²) < 4.78 is 377. The fraction of sp³-hybridized carbons (Fsp3) is 0.0182. The van der Waals surface area contributed by atoms with Crippen molar-refractivity contribution in [2.24, 2.45) is 20.0 Å². The third-order valence-electron chi connectivity index (χ3n) is 12.8. The van der Waals surface area contributed by atoms with E-state index in [1.165, 1.54) is 0 Å². The Bertz CT molecular complexity index is 4330. The smallest absolute Gasteiger partial charge is 0.200 e. The number of nitrogens with one attached hydrogen (secondary N) is 1. The molecule has 0 atom stereocenters. The Hall–Kier alpha value is -9.77. The zero-order valence-electron chi connectivity index (χ0n) is 40.3. The SMILES string of the molecule is Fc1c(F)c(F)c(CC2=N/C(=C(C3=N/C(=C(C4=N/C(=C(\c5ccc(/C(=C6\C=CC=N6)c6c(F)c(F)c(F)c(F)c6F)[nH]5)c5c(F)c(F)c(F)c(F)c5F)C=C4)\c4c(F)c(F)c(F)c(F)c4F)C=C3)\c3c(F)c(F)c(F)c(F)c3F)C=C2)c(F)c1F. The van der Waals surface area contributed by atoms with Crippen LogP contribution >= 0.6 is 0 Å². The quantitative estimate of drug-likeness (QED) is 0.0807. The molecule has 85 heavy (non-hydrogen) atoms. The van der Waals surface area contributed by atoms with E-state index in [0.29, 0.717) is 48.6 Å². The van der Waals surface area contributed by atoms with Gasteiger partial charge in [-0.2, -0.15) is 0 Å². The van der Waals surface area contributed by atoms with Crippen LogP contribution in [0, 0.1) is 145 Å². The number of hydrogen-bond acceptors (Lipinski definition) is 4. The molecule has 1 aromatic heterocycles. The number of rotatable bonds is 10. The molecule has 30 heteroatoms. The molecule has 0 bridgehead atoms. The molecule has 0 radical (unpaired) electrons. The average molecular weight is 1220 g/mol. The van der Waals surface area contributed by atoms with Gasteiger partial charge in [0.05, 0.1) is 56.5 Å². The number of nitrogens with zero attached hydrogens (tertiary/aromatic N) is 4. The molecule has 1 N–H and O–H groups in total. The van der Waals surface area contributed by atoms with E-state index in [-0.39, 0.29) is 0 Å². The van der Waals surface area contributed by atoms with Crippen LogP contribution in [0.25, 0.3) is 22.3 Å². The lowest BCUT2D eigenvalue weighted by Crippen LogP contribution is -2.12. The number of H-pyrrole nitrogens is 1. The first-order chi connectivity index (χ1) is 40.1. The fourth-order valence-corrected chi connectivity index (χ4v) is 8.92. The first-order valence-electron chi connectivity index (χ1n) is 22.9. The summed E-state index contributed by atoms with van der Waals surface area (Å²) in [6, 6.07) is 1.27. The minimum absolute atomic E-state index is 0.447. The molecule has 6 aromatic rings. The fourth-order valence-electron chi connectivity index (χ4n) is 8.92. The maximum absolute atomic E-state index is 16.1. The standard InChI is InChI=1S/C55H14F25N5/c56-31-14(32(57)42(67)51(76)41(31)66)12-13-3-4-16(82-13)24(28-35(60)45(70)53(78)46(71)36(28)61)18-7-8-20(84-18)26(30-39(64)49(74)55(80)50(75)40(30)65)22-10-9-21(85-22)25(29-37(62)47(72)54(79)48(73)38(29)63)19-6-5-17(83-19)23(15-2-1-11-81-15)27-33(58)43(68)52(77)44(69)34(27)59/h1-11,83H,12H2/b23-15-,24-16-,25-21+,26-20-. The summed E-state index contributed by atoms with van der Waals surface area (Å²) in [6.07, 6.45) is 4.60. The van der Waals surface area contributed by atoms with Crippen LogP contribution in [0.2, 0.25) is 0 Å². The van der Waals surface area contributed by atoms with E-state index in [1.807, 2.05) is 0 Å². The molecule has 0 amide bonds. The minimum atomic E-state index is -2.85. The Kier molecular flexibility index (Phi) is 14.7. The third kappa shape index (κ3) is 9.19. The topological polar surface area (TPSA) is 65.2 Å². The molecule has 10 rings (SSSR count). The van der Waals surface area contributed by atoms with Crippen molar-refractivity contribution in [3.8, 4) is 0 Å². The normalized spacial score (nSPS) is 16.9. The lowest BCUT2D eigenvalue weighted by molar-refractivity contribution is 0.372. The first-order valence-corrected chi connectivity index (χ1v) is 22.9. The Labute approximate surface area is 454 Å². The van der Waals surface area contributed by atoms with Gasteiger partial charge < -0.3 is 4.98 Å². The second-order valence-corrected chi connectivity index (χ2v) is 17.6. The van der Waals surface area contributed by atoms with Gasteiger partial charge in [0, 0.05) is 57.6 Å². The molecule has 0 unspecified atom stereocenters. The number of hydrogen-bond donors (Lipinski definition) is 1. The molecule has 5 nitrogen and oxygen atoms in total. The lowest BCUT2D eigenvalue weighted by atomic mass is 9.96. The Morgan fingerprint density at radius 3 is 0.906 bits per heavy atom. The predicted octanol–water partition coefficient (Wildman–Crippen LogP) is 15.7. The van der Waals surface area contributed by atoms with E-state index in [0.717, 1.165) is 18.4 Å². The van der Waals surface area contributed by atoms with Gasteiger partial charge in [-0.15, -0.1) is 0 Å². The van der Waals surface area contributed by atoms with Crippen LogP contribution in [0.5, 0.6) is 0 Å². The maximum Gasteiger partial charge on any atom is 0.200 e. The Morgan fingerprint density at radius 1 is 0.282 bits per heavy atom. The van der Waals surface area contributed by atoms with Crippen molar-refractivity contribution >= 4 is 45.6 Å². The summed E-state index contributed by atoms with van der Waals surface area (Å²) in [5.41, 5.74) is -24.0. The largest absolute Gasteiger partial charge is 0.354 e. The molecular weight excluding hydrogens is 1210 g/mol. The van der Waals surface area contributed by atoms with E-state index in [4.69, 9.17) is 0 Å². The Balaban J connectivity index is 1.24. The highest BCUT2D eigenvalue weighted by molar-refractivity contribution is 6.36. The van der Waals surface area contributed by atoms with E-state index in [1.54, 1.807) is 0 Å². The molecule has 5 heterocycles. The second kappa shape index (κ2) is 21.4. The van der Waals surface area contributed by atoms with Gasteiger partial charge in [0.1, 0.15) is 0 Å². The number of benzene rings is 5. The second-order valence-electron chi connectivity index (χ2n) is 17.6. The first kappa shape index (κ1) is 58.4. The van der Waals surface area contributed by atoms with Gasteiger partial charge in [0.25, 0.3) is 0 Å². The molecule has 434 valence electrons. The van der Waals surface area contributed by atoms with Crippen LogP contribution in [0.3, 0.4) is 0 Å². The maximum atomic E-state index is 16.1. The third-order valence-corrected chi connectivity index (χ3v) is 12.8. The van der Waals surface area contributed by atoms with Crippen molar-refractivity contribution < 1.29 is 110 Å². The number of halogens is 25. The number of aliphatic imine (C=N–C) groups is 4. The van der Waals surface area contributed by atoms with Crippen molar-refractivity contribution in [1.29, 1.82) is 0 Å². The van der Waals surface area contributed by atoms with Crippen LogP contribution < -0.4 is 0 Å². The van der Waals surface area contributed by atoms with Gasteiger partial charge in [-0.25, -0.2) is 120 Å². The van der Waals surface area contributed by atoms with E-state index < -0.39 is 253 Å². The summed E-state index contributed by atoms with van der Waals surface area (Å²) >= 11 is 0. The van der Waals surface area contributed by atoms with Gasteiger partial charge in [0.15, 0.2) is 116 Å². The van der Waals surface area contributed by atoms with Gasteiger partial charge in [-0.1, -0.05) is 0 Å². The van der Waals surface area contributed by atoms with Gasteiger partial charge >= 0.3 is 0 Å². The van der Waals surface area contributed by atoms with Crippen LogP contribution in [-0.2, 0) is 6.42 Å². The summed E-state index contributed by atoms with van der Waals surface area (Å²) in [4.78, 5) is 17.5. The highest BCUT2D eigenvalue weighted by atomic mass is 19.2. The summed E-state index contributed by atoms with van der Waals surface area (Å²) in [7, 11) is 0. The molecule has 0 fully saturated rings. The van der Waals surface area contributed by atoms with Crippen LogP contribution in [0.15, 0.2) is 103 Å². The van der Waals surface area contributed by atoms with Crippen molar-refractivity contribution in [3.63, 3.8) is 0 Å². The molecule has 4 aliphatic heterocycles. The van der Waals surface area contributed by atoms with Crippen LogP contribution in [-0.4, -0.2) is 28.3 Å². The minimum Gasteiger partial charge on any atom is -0.354 e. The van der Waals surface area contributed by atoms with Crippen LogP contribution in [0.1, 0.15) is 39.2 Å². The van der Waals surface area contributed by atoms with E-state index in [9.17, 15) is 57.1 Å². The predicted molar refractivity (Wildman–Crippen MR) is 249 cm³/mol. The van der Waals surface area contributed by atoms with E-state index >= 15 is 52.7 Å². The summed E-state index contributed by atoms with van der Waals surface area (Å²) in [5.74, 6) is -66.3.